The molecule has 0 fully saturated rings. The number of para-hydroxylation sites is 3. The SMILES string of the molecule is c1ccc(-n2c3cc4oc5ccccc5c4cc3c3cc4c5ccccc5n(-c5cccc(C6(c7ccccc7)c7ccccc7-c7ccccc76)c5)c4cc32)cc1. The lowest BCUT2D eigenvalue weighted by Gasteiger charge is -2.34. The molecular weight excluding hydrogens is 705 g/mol. The molecule has 58 heavy (non-hydrogen) atoms. The van der Waals surface area contributed by atoms with Crippen LogP contribution in [-0.2, 0) is 5.41 Å². The van der Waals surface area contributed by atoms with E-state index in [1.807, 2.05) is 6.07 Å². The van der Waals surface area contributed by atoms with Gasteiger partial charge in [0.15, 0.2) is 0 Å². The normalized spacial score (nSPS) is 13.3. The van der Waals surface area contributed by atoms with E-state index in [-0.39, 0.29) is 0 Å². The number of fused-ring (bicyclic) bond motifs is 12. The standard InChI is InChI=1S/C55H34N2O/c1-3-16-35(17-4-1)55(47-26-11-7-22-39(47)40-23-8-12-27-48(40)55)36-18-15-21-38(30-36)57-49-28-13-9-24-41(49)43-31-44-45-32-46-42-25-10-14-29-53(42)58-54(46)34-52(45)56(51(44)33-50(43)57)37-19-5-2-6-20-37/h1-34H. The Hall–Kier alpha value is -7.62. The molecule has 3 aromatic heterocycles. The highest BCUT2D eigenvalue weighted by Gasteiger charge is 2.46. The van der Waals surface area contributed by atoms with Gasteiger partial charge in [0.1, 0.15) is 11.2 Å². The first-order valence-corrected chi connectivity index (χ1v) is 20.0. The van der Waals surface area contributed by atoms with E-state index in [9.17, 15) is 0 Å². The summed E-state index contributed by atoms with van der Waals surface area (Å²) < 4.78 is 11.4. The summed E-state index contributed by atoms with van der Waals surface area (Å²) in [7, 11) is 0. The van der Waals surface area contributed by atoms with Crippen molar-refractivity contribution in [2.24, 2.45) is 0 Å². The van der Waals surface area contributed by atoms with E-state index in [4.69, 9.17) is 4.42 Å². The molecule has 0 saturated heterocycles. The van der Waals surface area contributed by atoms with Gasteiger partial charge in [-0.05, 0) is 88.0 Å². The van der Waals surface area contributed by atoms with Gasteiger partial charge in [0, 0.05) is 49.8 Å². The maximum Gasteiger partial charge on any atom is 0.137 e. The van der Waals surface area contributed by atoms with Crippen molar-refractivity contribution in [3.05, 3.63) is 229 Å². The van der Waals surface area contributed by atoms with Crippen molar-refractivity contribution in [2.75, 3.05) is 0 Å². The van der Waals surface area contributed by atoms with Crippen LogP contribution in [0.3, 0.4) is 0 Å². The molecule has 0 saturated carbocycles. The summed E-state index contributed by atoms with van der Waals surface area (Å²) in [5.41, 5.74) is 15.9. The zero-order chi connectivity index (χ0) is 38.0. The third-order valence-electron chi connectivity index (χ3n) is 12.8. The van der Waals surface area contributed by atoms with Crippen LogP contribution in [0.5, 0.6) is 0 Å². The number of hydrogen-bond acceptors (Lipinski definition) is 1. The van der Waals surface area contributed by atoms with Crippen LogP contribution >= 0.6 is 0 Å². The largest absolute Gasteiger partial charge is 0.456 e. The fourth-order valence-corrected chi connectivity index (χ4v) is 10.4. The molecular formula is C55H34N2O. The predicted molar refractivity (Wildman–Crippen MR) is 240 cm³/mol. The van der Waals surface area contributed by atoms with Gasteiger partial charge in [-0.25, -0.2) is 0 Å². The van der Waals surface area contributed by atoms with E-state index in [1.165, 1.54) is 66.0 Å². The first-order valence-electron chi connectivity index (χ1n) is 20.0. The molecule has 3 heteroatoms. The number of rotatable bonds is 4. The van der Waals surface area contributed by atoms with Crippen molar-refractivity contribution in [1.82, 2.24) is 9.13 Å². The second-order valence-corrected chi connectivity index (χ2v) is 15.6. The maximum absolute atomic E-state index is 6.46. The lowest BCUT2D eigenvalue weighted by atomic mass is 9.67. The van der Waals surface area contributed by atoms with Crippen LogP contribution in [0.15, 0.2) is 211 Å². The number of nitrogens with zero attached hydrogens (tertiary/aromatic N) is 2. The number of benzene rings is 9. The molecule has 0 unspecified atom stereocenters. The van der Waals surface area contributed by atoms with Crippen LogP contribution in [0.25, 0.3) is 88.1 Å². The fourth-order valence-electron chi connectivity index (χ4n) is 10.4. The Bertz CT molecular complexity index is 3580. The molecule has 0 radical (unpaired) electrons. The van der Waals surface area contributed by atoms with Crippen LogP contribution in [0, 0.1) is 0 Å². The van der Waals surface area contributed by atoms with Crippen LogP contribution < -0.4 is 0 Å². The lowest BCUT2D eigenvalue weighted by molar-refractivity contribution is 0.669. The smallest absolute Gasteiger partial charge is 0.137 e. The van der Waals surface area contributed by atoms with E-state index >= 15 is 0 Å². The van der Waals surface area contributed by atoms with Crippen LogP contribution in [0.4, 0.5) is 0 Å². The Balaban J connectivity index is 1.13. The summed E-state index contributed by atoms with van der Waals surface area (Å²) in [6, 6.07) is 75.7. The highest BCUT2D eigenvalue weighted by molar-refractivity contribution is 6.22. The van der Waals surface area contributed by atoms with Crippen LogP contribution in [0.2, 0.25) is 0 Å². The van der Waals surface area contributed by atoms with Crippen LogP contribution in [0.1, 0.15) is 22.3 Å². The molecule has 12 aromatic rings. The predicted octanol–water partition coefficient (Wildman–Crippen LogP) is 14.1. The van der Waals surface area contributed by atoms with Gasteiger partial charge in [-0.3, -0.25) is 0 Å². The summed E-state index contributed by atoms with van der Waals surface area (Å²) in [5, 5.41) is 7.16. The Morgan fingerprint density at radius 1 is 0.310 bits per heavy atom. The second-order valence-electron chi connectivity index (χ2n) is 15.6. The Kier molecular flexibility index (Phi) is 6.37. The molecule has 0 N–H and O–H groups in total. The zero-order valence-corrected chi connectivity index (χ0v) is 31.4. The minimum absolute atomic E-state index is 0.489. The minimum atomic E-state index is -0.489. The topological polar surface area (TPSA) is 23.0 Å². The van der Waals surface area contributed by atoms with Gasteiger partial charge in [-0.15, -0.1) is 0 Å². The van der Waals surface area contributed by atoms with Crippen LogP contribution in [-0.4, -0.2) is 9.13 Å². The number of hydrogen-bond donors (Lipinski definition) is 0. The molecule has 0 spiro atoms. The molecule has 3 nitrogen and oxygen atoms in total. The van der Waals surface area contributed by atoms with Gasteiger partial charge >= 0.3 is 0 Å². The third kappa shape index (κ3) is 4.12. The molecule has 0 atom stereocenters. The summed E-state index contributed by atoms with van der Waals surface area (Å²) >= 11 is 0. The van der Waals surface area contributed by atoms with Gasteiger partial charge in [0.05, 0.1) is 27.5 Å². The Morgan fingerprint density at radius 3 is 1.60 bits per heavy atom. The molecule has 1 aliphatic carbocycles. The Labute approximate surface area is 334 Å². The summed E-state index contributed by atoms with van der Waals surface area (Å²) in [6.45, 7) is 0. The zero-order valence-electron chi connectivity index (χ0n) is 31.4. The van der Waals surface area contributed by atoms with Crippen molar-refractivity contribution < 1.29 is 4.42 Å². The molecule has 9 aromatic carbocycles. The van der Waals surface area contributed by atoms with E-state index in [0.29, 0.717) is 0 Å². The van der Waals surface area contributed by atoms with Gasteiger partial charge in [0.2, 0.25) is 0 Å². The monoisotopic (exact) mass is 738 g/mol. The maximum atomic E-state index is 6.46. The van der Waals surface area contributed by atoms with E-state index in [1.54, 1.807) is 0 Å². The first kappa shape index (κ1) is 31.6. The van der Waals surface area contributed by atoms with E-state index < -0.39 is 5.41 Å². The van der Waals surface area contributed by atoms with Crippen molar-refractivity contribution >= 4 is 65.6 Å². The summed E-state index contributed by atoms with van der Waals surface area (Å²) in [6.07, 6.45) is 0. The van der Waals surface area contributed by atoms with Gasteiger partial charge in [-0.1, -0.05) is 146 Å². The quantitative estimate of drug-likeness (QED) is 0.176. The molecule has 0 amide bonds. The summed E-state index contributed by atoms with van der Waals surface area (Å²) in [4.78, 5) is 0. The average Bonchev–Trinajstić information content (AvgIpc) is 4.00. The van der Waals surface area contributed by atoms with E-state index in [0.717, 1.165) is 44.3 Å². The minimum Gasteiger partial charge on any atom is -0.456 e. The molecule has 0 bridgehead atoms. The highest BCUT2D eigenvalue weighted by atomic mass is 16.3. The molecule has 3 heterocycles. The second kappa shape index (κ2) is 11.7. The third-order valence-corrected chi connectivity index (χ3v) is 12.8. The Morgan fingerprint density at radius 2 is 0.845 bits per heavy atom. The highest BCUT2D eigenvalue weighted by Crippen LogP contribution is 2.56. The van der Waals surface area contributed by atoms with Gasteiger partial charge in [-0.2, -0.15) is 0 Å². The first-order chi connectivity index (χ1) is 28.8. The van der Waals surface area contributed by atoms with Gasteiger partial charge < -0.3 is 13.6 Å². The van der Waals surface area contributed by atoms with Crippen molar-refractivity contribution in [1.29, 1.82) is 0 Å². The molecule has 270 valence electrons. The molecule has 1 aliphatic rings. The number of aromatic nitrogens is 2. The molecule has 13 rings (SSSR count). The molecule has 0 aliphatic heterocycles. The number of furan rings is 1. The lowest BCUT2D eigenvalue weighted by Crippen LogP contribution is -2.28. The van der Waals surface area contributed by atoms with E-state index in [2.05, 4.69) is 209 Å². The van der Waals surface area contributed by atoms with Crippen molar-refractivity contribution in [3.8, 4) is 22.5 Å². The fraction of sp³-hybridized carbons (Fsp3) is 0.0182. The summed E-state index contributed by atoms with van der Waals surface area (Å²) in [5.74, 6) is 0. The van der Waals surface area contributed by atoms with Crippen molar-refractivity contribution in [3.63, 3.8) is 0 Å². The average molecular weight is 739 g/mol. The van der Waals surface area contributed by atoms with Crippen molar-refractivity contribution in [2.45, 2.75) is 5.41 Å². The van der Waals surface area contributed by atoms with Gasteiger partial charge in [0.25, 0.3) is 0 Å².